The normalized spacial score (nSPS) is 24.9. The summed E-state index contributed by atoms with van der Waals surface area (Å²) in [5.74, 6) is -0.0304. The Bertz CT molecular complexity index is 906. The molecule has 0 atom stereocenters. The van der Waals surface area contributed by atoms with E-state index in [0.717, 1.165) is 51.3 Å². The minimum atomic E-state index is -0.0304. The number of fused-ring (bicyclic) bond motifs is 2. The van der Waals surface area contributed by atoms with Gasteiger partial charge < -0.3 is 15.0 Å². The Morgan fingerprint density at radius 3 is 2.28 bits per heavy atom. The van der Waals surface area contributed by atoms with E-state index in [4.69, 9.17) is 4.74 Å². The maximum atomic E-state index is 11.2. The number of amides is 1. The molecule has 0 aromatic heterocycles. The van der Waals surface area contributed by atoms with Gasteiger partial charge in [-0.1, -0.05) is 24.3 Å². The van der Waals surface area contributed by atoms with Crippen molar-refractivity contribution in [2.24, 2.45) is 0 Å². The summed E-state index contributed by atoms with van der Waals surface area (Å²) in [6.07, 6.45) is 4.72. The smallest absolute Gasteiger partial charge is 0.221 e. The molecule has 5 rings (SSSR count). The monoisotopic (exact) mass is 477 g/mol. The van der Waals surface area contributed by atoms with E-state index in [9.17, 15) is 4.79 Å². The summed E-state index contributed by atoms with van der Waals surface area (Å²) in [7, 11) is 0. The minimum Gasteiger partial charge on any atom is -0.369 e. The number of ether oxygens (including phenoxy) is 1. The van der Waals surface area contributed by atoms with Crippen molar-refractivity contribution < 1.29 is 9.53 Å². The molecule has 1 N–H and O–H groups in total. The van der Waals surface area contributed by atoms with Crippen LogP contribution in [-0.4, -0.2) is 43.0 Å². The van der Waals surface area contributed by atoms with Crippen molar-refractivity contribution >= 4 is 42.1 Å². The molecule has 32 heavy (non-hydrogen) atoms. The average molecular weight is 478 g/mol. The molecule has 1 amide bonds. The lowest BCUT2D eigenvalue weighted by molar-refractivity contribution is -0.114. The zero-order valence-electron chi connectivity index (χ0n) is 18.6. The van der Waals surface area contributed by atoms with Crippen molar-refractivity contribution in [2.45, 2.75) is 50.9 Å². The van der Waals surface area contributed by atoms with Crippen LogP contribution >= 0.6 is 24.8 Å². The predicted molar refractivity (Wildman–Crippen MR) is 134 cm³/mol. The van der Waals surface area contributed by atoms with Gasteiger partial charge in [-0.2, -0.15) is 0 Å². The Balaban J connectivity index is 0.00000144. The van der Waals surface area contributed by atoms with Crippen molar-refractivity contribution in [2.75, 3.05) is 36.4 Å². The number of anilines is 2. The second-order valence-corrected chi connectivity index (χ2v) is 8.92. The minimum absolute atomic E-state index is 0. The van der Waals surface area contributed by atoms with E-state index in [-0.39, 0.29) is 36.3 Å². The van der Waals surface area contributed by atoms with E-state index < -0.39 is 0 Å². The van der Waals surface area contributed by atoms with E-state index in [2.05, 4.69) is 51.5 Å². The molecule has 7 heteroatoms. The molecule has 2 fully saturated rings. The average Bonchev–Trinajstić information content (AvgIpc) is 3.13. The van der Waals surface area contributed by atoms with Gasteiger partial charge in [-0.05, 0) is 61.1 Å². The van der Waals surface area contributed by atoms with Crippen LogP contribution in [0.1, 0.15) is 43.7 Å². The Hall–Kier alpha value is -1.79. The highest BCUT2D eigenvalue weighted by atomic mass is 35.5. The van der Waals surface area contributed by atoms with Gasteiger partial charge in [-0.3, -0.25) is 9.69 Å². The van der Waals surface area contributed by atoms with Crippen LogP contribution in [-0.2, 0) is 21.7 Å². The van der Waals surface area contributed by atoms with Crippen LogP contribution < -0.4 is 10.2 Å². The van der Waals surface area contributed by atoms with Gasteiger partial charge in [0.1, 0.15) is 0 Å². The summed E-state index contributed by atoms with van der Waals surface area (Å²) in [4.78, 5) is 16.3. The quantitative estimate of drug-likeness (QED) is 0.676. The Labute approximate surface area is 203 Å². The third-order valence-electron chi connectivity index (χ3n) is 7.16. The highest BCUT2D eigenvalue weighted by Crippen LogP contribution is 2.47. The number of hydrogen-bond donors (Lipinski definition) is 1. The Morgan fingerprint density at radius 1 is 0.969 bits per heavy atom. The van der Waals surface area contributed by atoms with Crippen LogP contribution in [0.3, 0.4) is 0 Å². The van der Waals surface area contributed by atoms with E-state index >= 15 is 0 Å². The number of benzene rings is 2. The molecular weight excluding hydrogens is 445 g/mol. The van der Waals surface area contributed by atoms with Crippen molar-refractivity contribution in [3.8, 4) is 0 Å². The second-order valence-electron chi connectivity index (χ2n) is 8.92. The first kappa shape index (κ1) is 24.8. The van der Waals surface area contributed by atoms with Gasteiger partial charge in [0.25, 0.3) is 0 Å². The molecular formula is C25H33Cl2N3O2. The number of carbonyl (C=O) groups is 1. The first-order valence-corrected chi connectivity index (χ1v) is 11.2. The van der Waals surface area contributed by atoms with Crippen LogP contribution in [0.5, 0.6) is 0 Å². The number of piperazine rings is 1. The van der Waals surface area contributed by atoms with Gasteiger partial charge in [-0.15, -0.1) is 24.8 Å². The predicted octanol–water partition coefficient (Wildman–Crippen LogP) is 4.98. The fraction of sp³-hybridized carbons (Fsp3) is 0.480. The molecule has 1 aliphatic carbocycles. The molecule has 1 saturated carbocycles. The third kappa shape index (κ3) is 4.91. The summed E-state index contributed by atoms with van der Waals surface area (Å²) in [6, 6.07) is 17.7. The van der Waals surface area contributed by atoms with Crippen molar-refractivity contribution in [1.29, 1.82) is 0 Å². The summed E-state index contributed by atoms with van der Waals surface area (Å²) in [5.41, 5.74) is 4.90. The van der Waals surface area contributed by atoms with Crippen molar-refractivity contribution in [3.63, 3.8) is 0 Å². The zero-order chi connectivity index (χ0) is 20.6. The lowest BCUT2D eigenvalue weighted by Gasteiger charge is -2.45. The van der Waals surface area contributed by atoms with Gasteiger partial charge in [0.15, 0.2) is 0 Å². The molecule has 2 heterocycles. The molecule has 2 aromatic rings. The largest absolute Gasteiger partial charge is 0.369 e. The summed E-state index contributed by atoms with van der Waals surface area (Å²) in [6.45, 7) is 6.66. The fourth-order valence-electron chi connectivity index (χ4n) is 5.54. The molecule has 2 aromatic carbocycles. The van der Waals surface area contributed by atoms with Gasteiger partial charge >= 0.3 is 0 Å². The second kappa shape index (κ2) is 10.4. The fourth-order valence-corrected chi connectivity index (χ4v) is 5.54. The SMILES string of the molecule is CC(=O)Nc1ccc(N2CCN(C3CCC4(CC3)OCc3ccccc34)CC2)cc1.Cl.Cl. The van der Waals surface area contributed by atoms with Gasteiger partial charge in [0, 0.05) is 50.5 Å². The van der Waals surface area contributed by atoms with E-state index in [1.165, 1.54) is 36.6 Å². The maximum Gasteiger partial charge on any atom is 0.221 e. The van der Waals surface area contributed by atoms with Gasteiger partial charge in [0.2, 0.25) is 5.91 Å². The Morgan fingerprint density at radius 2 is 1.62 bits per heavy atom. The summed E-state index contributed by atoms with van der Waals surface area (Å²) < 4.78 is 6.34. The zero-order valence-corrected chi connectivity index (χ0v) is 20.2. The molecule has 1 spiro atoms. The van der Waals surface area contributed by atoms with Crippen LogP contribution in [0.15, 0.2) is 48.5 Å². The van der Waals surface area contributed by atoms with E-state index in [0.29, 0.717) is 6.04 Å². The number of hydrogen-bond acceptors (Lipinski definition) is 4. The first-order chi connectivity index (χ1) is 14.6. The Kier molecular flexibility index (Phi) is 8.10. The van der Waals surface area contributed by atoms with Crippen LogP contribution in [0.25, 0.3) is 0 Å². The lowest BCUT2D eigenvalue weighted by Crippen LogP contribution is -2.52. The first-order valence-electron chi connectivity index (χ1n) is 11.2. The van der Waals surface area contributed by atoms with Crippen molar-refractivity contribution in [1.82, 2.24) is 4.90 Å². The number of nitrogens with one attached hydrogen (secondary N) is 1. The molecule has 174 valence electrons. The van der Waals surface area contributed by atoms with E-state index in [1.54, 1.807) is 0 Å². The highest BCUT2D eigenvalue weighted by molar-refractivity contribution is 5.88. The lowest BCUT2D eigenvalue weighted by atomic mass is 9.77. The van der Waals surface area contributed by atoms with E-state index in [1.807, 2.05) is 12.1 Å². The summed E-state index contributed by atoms with van der Waals surface area (Å²) >= 11 is 0. The van der Waals surface area contributed by atoms with Crippen molar-refractivity contribution in [3.05, 3.63) is 59.7 Å². The van der Waals surface area contributed by atoms with Crippen LogP contribution in [0.2, 0.25) is 0 Å². The highest BCUT2D eigenvalue weighted by Gasteiger charge is 2.43. The molecule has 2 aliphatic heterocycles. The molecule has 0 bridgehead atoms. The molecule has 0 radical (unpaired) electrons. The number of carbonyl (C=O) groups excluding carboxylic acids is 1. The topological polar surface area (TPSA) is 44.8 Å². The molecule has 3 aliphatic rings. The standard InChI is InChI=1S/C25H31N3O2.2ClH/c1-19(29)26-21-6-8-22(9-7-21)27-14-16-28(17-15-27)23-10-12-25(13-11-23)24-5-3-2-4-20(24)18-30-25;;/h2-9,23H,10-18H2,1H3,(H,26,29);2*1H. The number of nitrogens with zero attached hydrogens (tertiary/aromatic N) is 2. The van der Waals surface area contributed by atoms with Gasteiger partial charge in [0.05, 0.1) is 12.2 Å². The number of halogens is 2. The number of rotatable bonds is 3. The molecule has 1 saturated heterocycles. The summed E-state index contributed by atoms with van der Waals surface area (Å²) in [5, 5.41) is 2.84. The molecule has 5 nitrogen and oxygen atoms in total. The maximum absolute atomic E-state index is 11.2. The van der Waals surface area contributed by atoms with Gasteiger partial charge in [-0.25, -0.2) is 0 Å². The van der Waals surface area contributed by atoms with Crippen LogP contribution in [0.4, 0.5) is 11.4 Å². The molecule has 0 unspecified atom stereocenters. The van der Waals surface area contributed by atoms with Crippen LogP contribution in [0, 0.1) is 0 Å². The third-order valence-corrected chi connectivity index (χ3v) is 7.16.